The molecule has 1 aromatic heterocycles. The van der Waals surface area contributed by atoms with Crippen LogP contribution in [0.1, 0.15) is 16.7 Å². The van der Waals surface area contributed by atoms with Gasteiger partial charge in [-0.2, -0.15) is 13.2 Å². The quantitative estimate of drug-likeness (QED) is 0.309. The minimum absolute atomic E-state index is 0.103. The Morgan fingerprint density at radius 2 is 1.69 bits per heavy atom. The zero-order chi connectivity index (χ0) is 22.7. The number of hydrogen-bond acceptors (Lipinski definition) is 4. The number of para-hydroxylation sites is 1. The molecule has 0 aliphatic heterocycles. The van der Waals surface area contributed by atoms with Crippen LogP contribution in [-0.4, -0.2) is 21.9 Å². The number of halogens is 3. The molecule has 0 amide bonds. The lowest BCUT2D eigenvalue weighted by molar-refractivity contribution is -0.138. The molecule has 3 aromatic carbocycles. The average molecular weight is 456 g/mol. The van der Waals surface area contributed by atoms with E-state index in [1.54, 1.807) is 13.2 Å². The van der Waals surface area contributed by atoms with Gasteiger partial charge in [0.25, 0.3) is 0 Å². The Labute approximate surface area is 188 Å². The van der Waals surface area contributed by atoms with Gasteiger partial charge in [-0.3, -0.25) is 4.57 Å². The molecule has 0 atom stereocenters. The maximum absolute atomic E-state index is 13.4. The van der Waals surface area contributed by atoms with Gasteiger partial charge >= 0.3 is 6.18 Å². The molecule has 0 fully saturated rings. The first-order valence-electron chi connectivity index (χ1n) is 9.82. The van der Waals surface area contributed by atoms with Crippen LogP contribution < -0.4 is 4.74 Å². The molecule has 8 heteroatoms. The third kappa shape index (κ3) is 4.50. The lowest BCUT2D eigenvalue weighted by Crippen LogP contribution is -2.08. The molecule has 0 radical (unpaired) electrons. The van der Waals surface area contributed by atoms with Crippen LogP contribution in [0.3, 0.4) is 0 Å². The van der Waals surface area contributed by atoms with E-state index < -0.39 is 11.7 Å². The molecule has 4 nitrogen and oxygen atoms in total. The van der Waals surface area contributed by atoms with E-state index in [0.29, 0.717) is 16.7 Å². The summed E-state index contributed by atoms with van der Waals surface area (Å²) in [6, 6.07) is 20.8. The van der Waals surface area contributed by atoms with Crippen molar-refractivity contribution >= 4 is 11.8 Å². The largest absolute Gasteiger partial charge is 0.496 e. The summed E-state index contributed by atoms with van der Waals surface area (Å²) in [4.78, 5) is 0. The highest BCUT2D eigenvalue weighted by atomic mass is 32.2. The first-order valence-corrected chi connectivity index (χ1v) is 10.8. The molecule has 4 rings (SSSR count). The third-order valence-electron chi connectivity index (χ3n) is 4.92. The van der Waals surface area contributed by atoms with Crippen molar-refractivity contribution in [2.45, 2.75) is 24.0 Å². The van der Waals surface area contributed by atoms with Gasteiger partial charge in [0.15, 0.2) is 11.0 Å². The van der Waals surface area contributed by atoms with E-state index >= 15 is 0 Å². The Kier molecular flexibility index (Phi) is 6.23. The summed E-state index contributed by atoms with van der Waals surface area (Å²) in [7, 11) is 1.58. The lowest BCUT2D eigenvalue weighted by atomic mass is 10.1. The molecule has 0 saturated carbocycles. The van der Waals surface area contributed by atoms with Crippen molar-refractivity contribution in [2.24, 2.45) is 0 Å². The number of alkyl halides is 3. The Hall–Kier alpha value is -3.26. The standard InChI is InChI=1S/C24H20F3N3OS/c1-16-8-7-10-18(14-16)30-22(19-11-4-6-13-21(19)31-2)28-29-23(30)32-15-17-9-3-5-12-20(17)24(25,26)27/h3-14H,15H2,1-2H3. The van der Waals surface area contributed by atoms with E-state index in [9.17, 15) is 13.2 Å². The van der Waals surface area contributed by atoms with Gasteiger partial charge in [0, 0.05) is 11.4 Å². The predicted octanol–water partition coefficient (Wildman–Crippen LogP) is 6.56. The molecular formula is C24H20F3N3OS. The maximum Gasteiger partial charge on any atom is 0.416 e. The minimum atomic E-state index is -4.41. The Morgan fingerprint density at radius 3 is 2.44 bits per heavy atom. The molecule has 0 spiro atoms. The van der Waals surface area contributed by atoms with E-state index in [4.69, 9.17) is 4.74 Å². The first-order chi connectivity index (χ1) is 15.4. The number of aryl methyl sites for hydroxylation is 1. The van der Waals surface area contributed by atoms with Crippen LogP contribution in [0.5, 0.6) is 5.75 Å². The summed E-state index contributed by atoms with van der Waals surface area (Å²) in [6.45, 7) is 1.98. The van der Waals surface area contributed by atoms with Gasteiger partial charge in [-0.25, -0.2) is 0 Å². The van der Waals surface area contributed by atoms with Gasteiger partial charge in [-0.15, -0.1) is 10.2 Å². The number of hydrogen-bond donors (Lipinski definition) is 0. The van der Waals surface area contributed by atoms with Gasteiger partial charge in [-0.1, -0.05) is 54.2 Å². The first kappa shape index (κ1) is 22.0. The molecule has 0 bridgehead atoms. The Morgan fingerprint density at radius 1 is 0.938 bits per heavy atom. The number of thioether (sulfide) groups is 1. The Bertz CT molecular complexity index is 1240. The van der Waals surface area contributed by atoms with Gasteiger partial charge in [-0.05, 0) is 48.4 Å². The zero-order valence-corrected chi connectivity index (χ0v) is 18.2. The van der Waals surface area contributed by atoms with Crippen molar-refractivity contribution in [1.82, 2.24) is 14.8 Å². The second-order valence-corrected chi connectivity index (χ2v) is 8.07. The van der Waals surface area contributed by atoms with Crippen molar-refractivity contribution in [3.63, 3.8) is 0 Å². The van der Waals surface area contributed by atoms with E-state index in [1.807, 2.05) is 60.0 Å². The van der Waals surface area contributed by atoms with Crippen LogP contribution >= 0.6 is 11.8 Å². The highest BCUT2D eigenvalue weighted by Gasteiger charge is 2.33. The van der Waals surface area contributed by atoms with Crippen molar-refractivity contribution in [3.8, 4) is 22.8 Å². The summed E-state index contributed by atoms with van der Waals surface area (Å²) in [6.07, 6.45) is -4.41. The molecule has 0 saturated heterocycles. The minimum Gasteiger partial charge on any atom is -0.496 e. The van der Waals surface area contributed by atoms with Crippen LogP contribution in [0.15, 0.2) is 78.0 Å². The van der Waals surface area contributed by atoms with Gasteiger partial charge in [0.1, 0.15) is 5.75 Å². The molecule has 1 heterocycles. The van der Waals surface area contributed by atoms with Crippen LogP contribution in [-0.2, 0) is 11.9 Å². The van der Waals surface area contributed by atoms with Crippen LogP contribution in [0.4, 0.5) is 13.2 Å². The van der Waals surface area contributed by atoms with Crippen molar-refractivity contribution < 1.29 is 17.9 Å². The molecule has 0 aliphatic carbocycles. The number of methoxy groups -OCH3 is 1. The lowest BCUT2D eigenvalue weighted by Gasteiger charge is -2.14. The van der Waals surface area contributed by atoms with E-state index in [-0.39, 0.29) is 11.3 Å². The number of benzene rings is 3. The molecular weight excluding hydrogens is 435 g/mol. The van der Waals surface area contributed by atoms with E-state index in [2.05, 4.69) is 10.2 Å². The molecule has 0 aliphatic rings. The smallest absolute Gasteiger partial charge is 0.416 e. The normalized spacial score (nSPS) is 11.5. The van der Waals surface area contributed by atoms with Gasteiger partial charge in [0.05, 0.1) is 18.2 Å². The fourth-order valence-electron chi connectivity index (χ4n) is 3.43. The monoisotopic (exact) mass is 455 g/mol. The second kappa shape index (κ2) is 9.08. The second-order valence-electron chi connectivity index (χ2n) is 7.12. The summed E-state index contributed by atoms with van der Waals surface area (Å²) in [5, 5.41) is 9.19. The maximum atomic E-state index is 13.4. The fraction of sp³-hybridized carbons (Fsp3) is 0.167. The molecule has 164 valence electrons. The molecule has 4 aromatic rings. The predicted molar refractivity (Wildman–Crippen MR) is 119 cm³/mol. The zero-order valence-electron chi connectivity index (χ0n) is 17.4. The van der Waals surface area contributed by atoms with Crippen LogP contribution in [0.25, 0.3) is 17.1 Å². The SMILES string of the molecule is COc1ccccc1-c1nnc(SCc2ccccc2C(F)(F)F)n1-c1cccc(C)c1. The third-order valence-corrected chi connectivity index (χ3v) is 5.90. The fourth-order valence-corrected chi connectivity index (χ4v) is 4.39. The van der Waals surface area contributed by atoms with Gasteiger partial charge < -0.3 is 4.74 Å². The molecule has 0 unspecified atom stereocenters. The summed E-state index contributed by atoms with van der Waals surface area (Å²) in [5.74, 6) is 1.29. The molecule has 32 heavy (non-hydrogen) atoms. The summed E-state index contributed by atoms with van der Waals surface area (Å²) >= 11 is 1.21. The number of ether oxygens (including phenoxy) is 1. The average Bonchev–Trinajstić information content (AvgIpc) is 3.21. The number of nitrogens with zero attached hydrogens (tertiary/aromatic N) is 3. The summed E-state index contributed by atoms with van der Waals surface area (Å²) < 4.78 is 47.6. The summed E-state index contributed by atoms with van der Waals surface area (Å²) in [5.41, 5.74) is 2.16. The van der Waals surface area contributed by atoms with Crippen molar-refractivity contribution in [3.05, 3.63) is 89.5 Å². The number of rotatable bonds is 6. The van der Waals surface area contributed by atoms with Crippen molar-refractivity contribution in [2.75, 3.05) is 7.11 Å². The number of aromatic nitrogens is 3. The Balaban J connectivity index is 1.78. The van der Waals surface area contributed by atoms with Crippen LogP contribution in [0, 0.1) is 6.92 Å². The molecule has 0 N–H and O–H groups in total. The topological polar surface area (TPSA) is 39.9 Å². The highest BCUT2D eigenvalue weighted by Crippen LogP contribution is 2.37. The van der Waals surface area contributed by atoms with E-state index in [0.717, 1.165) is 22.9 Å². The van der Waals surface area contributed by atoms with Gasteiger partial charge in [0.2, 0.25) is 0 Å². The van der Waals surface area contributed by atoms with Crippen LogP contribution in [0.2, 0.25) is 0 Å². The van der Waals surface area contributed by atoms with Crippen molar-refractivity contribution in [1.29, 1.82) is 0 Å². The van der Waals surface area contributed by atoms with E-state index in [1.165, 1.54) is 23.9 Å². The highest BCUT2D eigenvalue weighted by molar-refractivity contribution is 7.98.